The molecule has 1 N–H and O–H groups in total. The first-order chi connectivity index (χ1) is 17.3. The van der Waals surface area contributed by atoms with Crippen molar-refractivity contribution in [3.05, 3.63) is 100 Å². The average molecular weight is 507 g/mol. The lowest BCUT2D eigenvalue weighted by Crippen LogP contribution is -2.53. The monoisotopic (exact) mass is 506 g/mol. The predicted octanol–water partition coefficient (Wildman–Crippen LogP) is 5.89. The number of aryl methyl sites for hydroxylation is 1. The maximum Gasteiger partial charge on any atom is 0.261 e. The van der Waals surface area contributed by atoms with Gasteiger partial charge in [0.25, 0.3) is 5.91 Å². The number of benzene rings is 3. The number of nitrogens with one attached hydrogen (secondary N) is 1. The van der Waals surface area contributed by atoms with E-state index in [2.05, 4.69) is 5.32 Å². The number of ether oxygens (including phenoxy) is 1. The lowest BCUT2D eigenvalue weighted by molar-refractivity contribution is -0.143. The maximum atomic E-state index is 13.7. The number of carbonyl (C=O) groups is 2. The van der Waals surface area contributed by atoms with Gasteiger partial charge in [-0.2, -0.15) is 0 Å². The Hall–Kier alpha value is -3.31. The molecule has 3 aromatic carbocycles. The quantitative estimate of drug-likeness (QED) is 0.352. The Balaban J connectivity index is 1.92. The fourth-order valence-corrected chi connectivity index (χ4v) is 4.01. The van der Waals surface area contributed by atoms with Gasteiger partial charge < -0.3 is 15.0 Å². The van der Waals surface area contributed by atoms with E-state index in [0.717, 1.165) is 28.7 Å². The van der Waals surface area contributed by atoms with Crippen LogP contribution in [0.15, 0.2) is 72.8 Å². The zero-order chi connectivity index (χ0) is 26.1. The van der Waals surface area contributed by atoms with Crippen molar-refractivity contribution < 1.29 is 14.3 Å². The summed E-state index contributed by atoms with van der Waals surface area (Å²) in [6, 6.07) is 22.2. The predicted molar refractivity (Wildman–Crippen MR) is 145 cm³/mol. The van der Waals surface area contributed by atoms with Crippen LogP contribution in [-0.4, -0.2) is 35.4 Å². The smallest absolute Gasteiger partial charge is 0.261 e. The molecular formula is C30H35ClN2O3. The molecule has 2 atom stereocenters. The lowest BCUT2D eigenvalue weighted by atomic mass is 10.0. The van der Waals surface area contributed by atoms with Gasteiger partial charge in [-0.1, -0.05) is 73.1 Å². The molecule has 5 nitrogen and oxygen atoms in total. The van der Waals surface area contributed by atoms with Crippen LogP contribution in [0, 0.1) is 13.8 Å². The van der Waals surface area contributed by atoms with Crippen LogP contribution in [-0.2, 0) is 22.6 Å². The average Bonchev–Trinajstić information content (AvgIpc) is 2.88. The molecule has 0 aliphatic heterocycles. The minimum atomic E-state index is -0.702. The van der Waals surface area contributed by atoms with E-state index in [1.165, 1.54) is 0 Å². The van der Waals surface area contributed by atoms with Crippen LogP contribution >= 0.6 is 11.6 Å². The van der Waals surface area contributed by atoms with Crippen molar-refractivity contribution in [1.29, 1.82) is 0 Å². The molecule has 0 bridgehead atoms. The van der Waals surface area contributed by atoms with Gasteiger partial charge in [-0.25, -0.2) is 0 Å². The summed E-state index contributed by atoms with van der Waals surface area (Å²) in [4.78, 5) is 28.8. The Labute approximate surface area is 219 Å². The summed E-state index contributed by atoms with van der Waals surface area (Å²) in [5, 5.41) is 3.69. The molecule has 0 heterocycles. The highest BCUT2D eigenvalue weighted by molar-refractivity contribution is 6.30. The van der Waals surface area contributed by atoms with E-state index in [0.29, 0.717) is 17.2 Å². The second-order valence-corrected chi connectivity index (χ2v) is 9.59. The van der Waals surface area contributed by atoms with Crippen LogP contribution in [0.25, 0.3) is 0 Å². The minimum absolute atomic E-state index is 0.00514. The number of rotatable bonds is 11. The molecule has 190 valence electrons. The molecule has 0 saturated heterocycles. The summed E-state index contributed by atoms with van der Waals surface area (Å²) in [5.41, 5.74) is 3.94. The Kier molecular flexibility index (Phi) is 9.95. The molecule has 0 spiro atoms. The highest BCUT2D eigenvalue weighted by atomic mass is 35.5. The lowest BCUT2D eigenvalue weighted by Gasteiger charge is -2.32. The molecule has 0 fully saturated rings. The second kappa shape index (κ2) is 13.1. The summed E-state index contributed by atoms with van der Waals surface area (Å²) < 4.78 is 5.96. The molecule has 36 heavy (non-hydrogen) atoms. The van der Waals surface area contributed by atoms with Crippen LogP contribution in [0.2, 0.25) is 5.02 Å². The first-order valence-electron chi connectivity index (χ1n) is 12.4. The molecule has 0 saturated carbocycles. The SMILES string of the molecule is CC[C@H](C)NC(=O)[C@@H](Cc1ccccc1)N(Cc1ccc(Cl)cc1)C(=O)COc1cccc(C)c1C. The number of amides is 2. The largest absolute Gasteiger partial charge is 0.483 e. The third-order valence-electron chi connectivity index (χ3n) is 6.44. The van der Waals surface area contributed by atoms with Gasteiger partial charge in [0.05, 0.1) is 0 Å². The standard InChI is InChI=1S/C30H35ClN2O3/c1-5-22(3)32-30(35)27(18-24-11-7-6-8-12-24)33(19-25-14-16-26(31)17-15-25)29(34)20-36-28-13-9-10-21(2)23(28)4/h6-17,22,27H,5,18-20H2,1-4H3,(H,32,35)/t22-,27+/m0/s1. The topological polar surface area (TPSA) is 58.6 Å². The van der Waals surface area contributed by atoms with Crippen LogP contribution in [0.5, 0.6) is 5.75 Å². The molecule has 3 aromatic rings. The summed E-state index contributed by atoms with van der Waals surface area (Å²) in [6.07, 6.45) is 1.19. The van der Waals surface area contributed by atoms with E-state index in [4.69, 9.17) is 16.3 Å². The van der Waals surface area contributed by atoms with Crippen molar-refractivity contribution in [2.24, 2.45) is 0 Å². The molecule has 0 radical (unpaired) electrons. The fraction of sp³-hybridized carbons (Fsp3) is 0.333. The normalized spacial score (nSPS) is 12.5. The van der Waals surface area contributed by atoms with E-state index >= 15 is 0 Å². The van der Waals surface area contributed by atoms with E-state index in [9.17, 15) is 9.59 Å². The minimum Gasteiger partial charge on any atom is -0.483 e. The van der Waals surface area contributed by atoms with Crippen LogP contribution in [0.3, 0.4) is 0 Å². The Morgan fingerprint density at radius 2 is 1.64 bits per heavy atom. The summed E-state index contributed by atoms with van der Waals surface area (Å²) in [5.74, 6) is 0.229. The van der Waals surface area contributed by atoms with Gasteiger partial charge in [-0.15, -0.1) is 0 Å². The van der Waals surface area contributed by atoms with Gasteiger partial charge in [0.15, 0.2) is 6.61 Å². The van der Waals surface area contributed by atoms with Crippen molar-refractivity contribution >= 4 is 23.4 Å². The third-order valence-corrected chi connectivity index (χ3v) is 6.70. The number of hydrogen-bond acceptors (Lipinski definition) is 3. The summed E-state index contributed by atoms with van der Waals surface area (Å²) in [7, 11) is 0. The van der Waals surface area contributed by atoms with Crippen LogP contribution in [0.1, 0.15) is 42.5 Å². The molecule has 2 amide bonds. The molecule has 6 heteroatoms. The molecular weight excluding hydrogens is 472 g/mol. The van der Waals surface area contributed by atoms with Gasteiger partial charge in [-0.05, 0) is 67.6 Å². The van der Waals surface area contributed by atoms with E-state index in [1.54, 1.807) is 17.0 Å². The molecule has 0 aliphatic carbocycles. The van der Waals surface area contributed by atoms with Gasteiger partial charge in [0.2, 0.25) is 5.91 Å². The molecule has 3 rings (SSSR count). The molecule has 0 aromatic heterocycles. The van der Waals surface area contributed by atoms with Gasteiger partial charge in [0, 0.05) is 24.0 Å². The number of halogens is 1. The number of hydrogen-bond donors (Lipinski definition) is 1. The van der Waals surface area contributed by atoms with Crippen molar-refractivity contribution in [3.63, 3.8) is 0 Å². The van der Waals surface area contributed by atoms with Gasteiger partial charge >= 0.3 is 0 Å². The van der Waals surface area contributed by atoms with E-state index in [-0.39, 0.29) is 31.0 Å². The van der Waals surface area contributed by atoms with Gasteiger partial charge in [0.1, 0.15) is 11.8 Å². The van der Waals surface area contributed by atoms with Gasteiger partial charge in [-0.3, -0.25) is 9.59 Å². The Morgan fingerprint density at radius 3 is 2.31 bits per heavy atom. The van der Waals surface area contributed by atoms with Crippen LogP contribution < -0.4 is 10.1 Å². The van der Waals surface area contributed by atoms with E-state index < -0.39 is 6.04 Å². The first-order valence-corrected chi connectivity index (χ1v) is 12.7. The van der Waals surface area contributed by atoms with Crippen molar-refractivity contribution in [2.75, 3.05) is 6.61 Å². The zero-order valence-corrected chi connectivity index (χ0v) is 22.2. The van der Waals surface area contributed by atoms with E-state index in [1.807, 2.05) is 88.4 Å². The summed E-state index contributed by atoms with van der Waals surface area (Å²) >= 11 is 6.08. The number of nitrogens with zero attached hydrogens (tertiary/aromatic N) is 1. The maximum absolute atomic E-state index is 13.7. The Morgan fingerprint density at radius 1 is 0.944 bits per heavy atom. The third kappa shape index (κ3) is 7.59. The van der Waals surface area contributed by atoms with Crippen molar-refractivity contribution in [2.45, 2.75) is 59.2 Å². The first kappa shape index (κ1) is 27.3. The molecule has 0 aliphatic rings. The zero-order valence-electron chi connectivity index (χ0n) is 21.5. The summed E-state index contributed by atoms with van der Waals surface area (Å²) in [6.45, 7) is 8.06. The highest BCUT2D eigenvalue weighted by Crippen LogP contribution is 2.22. The van der Waals surface area contributed by atoms with Crippen molar-refractivity contribution in [1.82, 2.24) is 10.2 Å². The second-order valence-electron chi connectivity index (χ2n) is 9.16. The fourth-order valence-electron chi connectivity index (χ4n) is 3.88. The molecule has 0 unspecified atom stereocenters. The van der Waals surface area contributed by atoms with Crippen molar-refractivity contribution in [3.8, 4) is 5.75 Å². The van der Waals surface area contributed by atoms with Crippen LogP contribution in [0.4, 0.5) is 0 Å². The highest BCUT2D eigenvalue weighted by Gasteiger charge is 2.31. The number of carbonyl (C=O) groups excluding carboxylic acids is 2. The Bertz CT molecular complexity index is 1150.